The number of anilines is 2. The molecule has 18 heavy (non-hydrogen) atoms. The fraction of sp³-hybridized carbons (Fsp3) is 0.375. The van der Waals surface area contributed by atoms with E-state index in [1.807, 2.05) is 0 Å². The van der Waals surface area contributed by atoms with E-state index in [4.69, 9.17) is 0 Å². The fourth-order valence-electron chi connectivity index (χ4n) is 2.15. The van der Waals surface area contributed by atoms with Gasteiger partial charge in [0, 0.05) is 29.9 Å². The highest BCUT2D eigenvalue weighted by molar-refractivity contribution is 6.03. The van der Waals surface area contributed by atoms with E-state index in [1.54, 1.807) is 0 Å². The van der Waals surface area contributed by atoms with Gasteiger partial charge in [-0.05, 0) is 30.4 Å². The Hall–Kier alpha value is -1.70. The van der Waals surface area contributed by atoms with Crippen molar-refractivity contribution in [2.24, 2.45) is 0 Å². The standard InChI is InChI=1S/C16H22N2/c1-3-11-17-14-9-5-7-13-8-6-10-15(16(13)14)18-12-4-2/h5-10,17-18H,3-4,11-12H2,1-2H3. The summed E-state index contributed by atoms with van der Waals surface area (Å²) in [5, 5.41) is 9.62. The van der Waals surface area contributed by atoms with Crippen LogP contribution in [0.3, 0.4) is 0 Å². The third-order valence-electron chi connectivity index (χ3n) is 3.04. The molecule has 0 unspecified atom stereocenters. The summed E-state index contributed by atoms with van der Waals surface area (Å²) in [6.07, 6.45) is 2.28. The lowest BCUT2D eigenvalue weighted by atomic mass is 10.1. The normalized spacial score (nSPS) is 10.6. The molecule has 2 aromatic rings. The van der Waals surface area contributed by atoms with Crippen LogP contribution in [0.25, 0.3) is 10.8 Å². The molecule has 0 radical (unpaired) electrons. The molecule has 2 heteroatoms. The lowest BCUT2D eigenvalue weighted by Gasteiger charge is -2.14. The Kier molecular flexibility index (Phi) is 4.46. The molecule has 0 aliphatic heterocycles. The molecule has 0 amide bonds. The lowest BCUT2D eigenvalue weighted by Crippen LogP contribution is -2.04. The molecule has 2 rings (SSSR count). The third-order valence-corrected chi connectivity index (χ3v) is 3.04. The van der Waals surface area contributed by atoms with Crippen molar-refractivity contribution in [3.63, 3.8) is 0 Å². The predicted molar refractivity (Wildman–Crippen MR) is 81.5 cm³/mol. The quantitative estimate of drug-likeness (QED) is 0.780. The SMILES string of the molecule is CCCNc1cccc2cccc(NCCC)c12. The Morgan fingerprint density at radius 2 is 1.28 bits per heavy atom. The molecular weight excluding hydrogens is 220 g/mol. The highest BCUT2D eigenvalue weighted by Gasteiger charge is 2.05. The van der Waals surface area contributed by atoms with Crippen LogP contribution in [-0.4, -0.2) is 13.1 Å². The highest BCUT2D eigenvalue weighted by Crippen LogP contribution is 2.30. The Balaban J connectivity index is 2.42. The van der Waals surface area contributed by atoms with Gasteiger partial charge in [-0.3, -0.25) is 0 Å². The van der Waals surface area contributed by atoms with Gasteiger partial charge in [0.15, 0.2) is 0 Å². The van der Waals surface area contributed by atoms with Crippen molar-refractivity contribution in [2.45, 2.75) is 26.7 Å². The zero-order valence-corrected chi connectivity index (χ0v) is 11.3. The van der Waals surface area contributed by atoms with E-state index in [9.17, 15) is 0 Å². The molecule has 96 valence electrons. The van der Waals surface area contributed by atoms with E-state index >= 15 is 0 Å². The summed E-state index contributed by atoms with van der Waals surface area (Å²) in [6, 6.07) is 12.9. The average Bonchev–Trinajstić information content (AvgIpc) is 2.42. The van der Waals surface area contributed by atoms with E-state index in [0.29, 0.717) is 0 Å². The summed E-state index contributed by atoms with van der Waals surface area (Å²) < 4.78 is 0. The van der Waals surface area contributed by atoms with Gasteiger partial charge < -0.3 is 10.6 Å². The molecule has 0 fully saturated rings. The van der Waals surface area contributed by atoms with Gasteiger partial charge in [0.05, 0.1) is 0 Å². The van der Waals surface area contributed by atoms with Crippen molar-refractivity contribution in [3.8, 4) is 0 Å². The van der Waals surface area contributed by atoms with E-state index < -0.39 is 0 Å². The zero-order chi connectivity index (χ0) is 12.8. The number of benzene rings is 2. The minimum absolute atomic E-state index is 1.02. The van der Waals surface area contributed by atoms with E-state index in [-0.39, 0.29) is 0 Å². The van der Waals surface area contributed by atoms with E-state index in [0.717, 1.165) is 25.9 Å². The van der Waals surface area contributed by atoms with Gasteiger partial charge in [-0.15, -0.1) is 0 Å². The van der Waals surface area contributed by atoms with Gasteiger partial charge in [0.25, 0.3) is 0 Å². The maximum Gasteiger partial charge on any atom is 0.0440 e. The van der Waals surface area contributed by atoms with Crippen LogP contribution >= 0.6 is 0 Å². The van der Waals surface area contributed by atoms with Crippen molar-refractivity contribution in [3.05, 3.63) is 36.4 Å². The monoisotopic (exact) mass is 242 g/mol. The molecule has 2 aromatic carbocycles. The van der Waals surface area contributed by atoms with Crippen LogP contribution in [0.4, 0.5) is 11.4 Å². The highest BCUT2D eigenvalue weighted by atomic mass is 14.9. The summed E-state index contributed by atoms with van der Waals surface area (Å²) in [5.41, 5.74) is 2.46. The van der Waals surface area contributed by atoms with Crippen LogP contribution in [0, 0.1) is 0 Å². The Morgan fingerprint density at radius 1 is 0.778 bits per heavy atom. The van der Waals surface area contributed by atoms with Crippen LogP contribution in [0.2, 0.25) is 0 Å². The first-order valence-corrected chi connectivity index (χ1v) is 6.86. The smallest absolute Gasteiger partial charge is 0.0440 e. The number of nitrogens with one attached hydrogen (secondary N) is 2. The van der Waals surface area contributed by atoms with Crippen molar-refractivity contribution in [1.82, 2.24) is 0 Å². The van der Waals surface area contributed by atoms with Crippen molar-refractivity contribution < 1.29 is 0 Å². The van der Waals surface area contributed by atoms with Crippen molar-refractivity contribution in [1.29, 1.82) is 0 Å². The van der Waals surface area contributed by atoms with Crippen LogP contribution in [0.15, 0.2) is 36.4 Å². The maximum atomic E-state index is 3.51. The van der Waals surface area contributed by atoms with Gasteiger partial charge in [-0.1, -0.05) is 38.1 Å². The molecule has 2 N–H and O–H groups in total. The topological polar surface area (TPSA) is 24.1 Å². The molecular formula is C16H22N2. The van der Waals surface area contributed by atoms with Gasteiger partial charge >= 0.3 is 0 Å². The first-order valence-electron chi connectivity index (χ1n) is 6.86. The summed E-state index contributed by atoms with van der Waals surface area (Å²) in [5.74, 6) is 0. The van der Waals surface area contributed by atoms with Crippen molar-refractivity contribution >= 4 is 22.1 Å². The largest absolute Gasteiger partial charge is 0.384 e. The number of hydrogen-bond donors (Lipinski definition) is 2. The van der Waals surface area contributed by atoms with Gasteiger partial charge in [-0.2, -0.15) is 0 Å². The van der Waals surface area contributed by atoms with Gasteiger partial charge in [-0.25, -0.2) is 0 Å². The molecule has 0 aliphatic carbocycles. The molecule has 0 atom stereocenters. The van der Waals surface area contributed by atoms with Crippen LogP contribution in [0.1, 0.15) is 26.7 Å². The number of hydrogen-bond acceptors (Lipinski definition) is 2. The fourth-order valence-corrected chi connectivity index (χ4v) is 2.15. The lowest BCUT2D eigenvalue weighted by molar-refractivity contribution is 0.978. The molecule has 0 saturated heterocycles. The predicted octanol–water partition coefficient (Wildman–Crippen LogP) is 4.48. The molecule has 0 aliphatic rings. The second-order valence-electron chi connectivity index (χ2n) is 4.56. The third kappa shape index (κ3) is 2.76. The average molecular weight is 242 g/mol. The van der Waals surface area contributed by atoms with Crippen LogP contribution in [0.5, 0.6) is 0 Å². The van der Waals surface area contributed by atoms with Gasteiger partial charge in [0.1, 0.15) is 0 Å². The molecule has 0 saturated carbocycles. The summed E-state index contributed by atoms with van der Waals surface area (Å²) >= 11 is 0. The molecule has 2 nitrogen and oxygen atoms in total. The summed E-state index contributed by atoms with van der Waals surface area (Å²) in [7, 11) is 0. The first-order chi connectivity index (χ1) is 8.86. The molecule has 0 heterocycles. The maximum absolute atomic E-state index is 3.51. The summed E-state index contributed by atoms with van der Waals surface area (Å²) in [4.78, 5) is 0. The van der Waals surface area contributed by atoms with Crippen LogP contribution < -0.4 is 10.6 Å². The van der Waals surface area contributed by atoms with E-state index in [1.165, 1.54) is 22.1 Å². The minimum Gasteiger partial charge on any atom is -0.384 e. The first kappa shape index (κ1) is 12.7. The number of rotatable bonds is 6. The molecule has 0 bridgehead atoms. The second-order valence-corrected chi connectivity index (χ2v) is 4.56. The van der Waals surface area contributed by atoms with Crippen molar-refractivity contribution in [2.75, 3.05) is 23.7 Å². The Labute approximate surface area is 109 Å². The van der Waals surface area contributed by atoms with E-state index in [2.05, 4.69) is 60.9 Å². The molecule has 0 spiro atoms. The zero-order valence-electron chi connectivity index (χ0n) is 11.3. The second kappa shape index (κ2) is 6.29. The number of fused-ring (bicyclic) bond motifs is 1. The minimum atomic E-state index is 1.02. The Morgan fingerprint density at radius 3 is 1.72 bits per heavy atom. The van der Waals surface area contributed by atoms with Gasteiger partial charge in [0.2, 0.25) is 0 Å². The van der Waals surface area contributed by atoms with Crippen LogP contribution in [-0.2, 0) is 0 Å². The Bertz CT molecular complexity index is 463. The summed E-state index contributed by atoms with van der Waals surface area (Å²) in [6.45, 7) is 6.41. The molecule has 0 aromatic heterocycles.